The molecular formula is C10H9ClFN3O. The fourth-order valence-electron chi connectivity index (χ4n) is 1.30. The van der Waals surface area contributed by atoms with E-state index in [1.807, 2.05) is 0 Å². The number of aromatic nitrogens is 3. The number of hydrogen-bond acceptors (Lipinski definition) is 3. The van der Waals surface area contributed by atoms with E-state index in [0.717, 1.165) is 0 Å². The molecule has 1 aromatic heterocycles. The molecule has 0 saturated heterocycles. The number of nitrogens with zero attached hydrogens (tertiary/aromatic N) is 3. The molecule has 1 aromatic carbocycles. The van der Waals surface area contributed by atoms with Crippen molar-refractivity contribution in [1.82, 2.24) is 15.0 Å². The number of halogens is 2. The van der Waals surface area contributed by atoms with Gasteiger partial charge in [-0.3, -0.25) is 0 Å². The van der Waals surface area contributed by atoms with E-state index >= 15 is 0 Å². The van der Waals surface area contributed by atoms with Crippen LogP contribution < -0.4 is 0 Å². The highest BCUT2D eigenvalue weighted by atomic mass is 35.5. The van der Waals surface area contributed by atoms with Crippen LogP contribution >= 0.6 is 11.6 Å². The lowest BCUT2D eigenvalue weighted by Crippen LogP contribution is -1.96. The molecule has 0 N–H and O–H groups in total. The third-order valence-corrected chi connectivity index (χ3v) is 2.29. The largest absolute Gasteiger partial charge is 0.378 e. The maximum Gasteiger partial charge on any atom is 0.124 e. The zero-order chi connectivity index (χ0) is 11.5. The van der Waals surface area contributed by atoms with Crippen molar-refractivity contribution in [2.45, 2.75) is 6.61 Å². The van der Waals surface area contributed by atoms with Gasteiger partial charge in [0.25, 0.3) is 0 Å². The third kappa shape index (κ3) is 2.20. The van der Waals surface area contributed by atoms with E-state index in [9.17, 15) is 4.39 Å². The number of benzene rings is 1. The van der Waals surface area contributed by atoms with Gasteiger partial charge >= 0.3 is 0 Å². The van der Waals surface area contributed by atoms with Gasteiger partial charge in [0.15, 0.2) is 0 Å². The molecule has 0 fully saturated rings. The zero-order valence-corrected chi connectivity index (χ0v) is 9.28. The summed E-state index contributed by atoms with van der Waals surface area (Å²) in [6.07, 6.45) is 1.68. The van der Waals surface area contributed by atoms with Gasteiger partial charge in [0.2, 0.25) is 0 Å². The molecule has 0 unspecified atom stereocenters. The number of hydrogen-bond donors (Lipinski definition) is 0. The molecule has 1 heterocycles. The summed E-state index contributed by atoms with van der Waals surface area (Å²) in [6.45, 7) is 0.374. The Labute approximate surface area is 96.6 Å². The summed E-state index contributed by atoms with van der Waals surface area (Å²) in [5, 5.41) is 8.04. The van der Waals surface area contributed by atoms with Crippen molar-refractivity contribution in [3.63, 3.8) is 0 Å². The number of methoxy groups -OCH3 is 1. The molecule has 0 bridgehead atoms. The molecule has 0 saturated carbocycles. The van der Waals surface area contributed by atoms with Gasteiger partial charge in [0, 0.05) is 7.11 Å². The fraction of sp³-hybridized carbons (Fsp3) is 0.200. The van der Waals surface area contributed by atoms with Crippen LogP contribution in [0.3, 0.4) is 0 Å². The molecule has 6 heteroatoms. The lowest BCUT2D eigenvalue weighted by molar-refractivity contribution is 0.181. The van der Waals surface area contributed by atoms with Gasteiger partial charge in [-0.05, 0) is 18.2 Å². The van der Waals surface area contributed by atoms with Crippen LogP contribution in [0.4, 0.5) is 4.39 Å². The van der Waals surface area contributed by atoms with Crippen LogP contribution in [0.5, 0.6) is 0 Å². The summed E-state index contributed by atoms with van der Waals surface area (Å²) in [5.74, 6) is -0.383. The van der Waals surface area contributed by atoms with Crippen LogP contribution in [0.2, 0.25) is 5.02 Å². The highest BCUT2D eigenvalue weighted by molar-refractivity contribution is 6.32. The first kappa shape index (κ1) is 11.0. The molecule has 2 aromatic rings. The van der Waals surface area contributed by atoms with E-state index in [2.05, 4.69) is 10.3 Å². The fourth-order valence-corrected chi connectivity index (χ4v) is 1.55. The van der Waals surface area contributed by atoms with Crippen molar-refractivity contribution in [3.8, 4) is 5.69 Å². The standard InChI is InChI=1S/C10H9ClFN3O/c1-16-6-8-5-15(14-13-8)10-3-2-7(12)4-9(10)11/h2-5H,6H2,1H3. The lowest BCUT2D eigenvalue weighted by Gasteiger charge is -2.02. The van der Waals surface area contributed by atoms with E-state index in [0.29, 0.717) is 18.0 Å². The Morgan fingerprint density at radius 1 is 1.50 bits per heavy atom. The van der Waals surface area contributed by atoms with Gasteiger partial charge in [-0.25, -0.2) is 9.07 Å². The minimum absolute atomic E-state index is 0.286. The Bertz CT molecular complexity index is 501. The topological polar surface area (TPSA) is 39.9 Å². The van der Waals surface area contributed by atoms with Crippen LogP contribution in [-0.2, 0) is 11.3 Å². The van der Waals surface area contributed by atoms with E-state index in [4.69, 9.17) is 16.3 Å². The van der Waals surface area contributed by atoms with Crippen molar-refractivity contribution in [3.05, 3.63) is 40.9 Å². The molecule has 0 spiro atoms. The maximum atomic E-state index is 12.8. The van der Waals surface area contributed by atoms with Crippen LogP contribution in [0.25, 0.3) is 5.69 Å². The highest BCUT2D eigenvalue weighted by Crippen LogP contribution is 2.20. The zero-order valence-electron chi connectivity index (χ0n) is 8.52. The first-order valence-corrected chi connectivity index (χ1v) is 4.94. The Kier molecular flexibility index (Phi) is 3.17. The Balaban J connectivity index is 2.35. The molecule has 0 amide bonds. The molecule has 0 aliphatic rings. The third-order valence-electron chi connectivity index (χ3n) is 1.99. The molecule has 84 valence electrons. The van der Waals surface area contributed by atoms with E-state index in [1.165, 1.54) is 16.8 Å². The summed E-state index contributed by atoms with van der Waals surface area (Å²) in [6, 6.07) is 4.09. The molecule has 0 aliphatic carbocycles. The quantitative estimate of drug-likeness (QED) is 0.827. The van der Waals surface area contributed by atoms with Crippen LogP contribution in [0, 0.1) is 5.82 Å². The monoisotopic (exact) mass is 241 g/mol. The van der Waals surface area contributed by atoms with Crippen molar-refractivity contribution in [2.75, 3.05) is 7.11 Å². The Morgan fingerprint density at radius 2 is 2.31 bits per heavy atom. The van der Waals surface area contributed by atoms with Crippen molar-refractivity contribution in [1.29, 1.82) is 0 Å². The normalized spacial score (nSPS) is 10.7. The molecular weight excluding hydrogens is 233 g/mol. The van der Waals surface area contributed by atoms with Gasteiger partial charge in [0.1, 0.15) is 11.5 Å². The predicted octanol–water partition coefficient (Wildman–Crippen LogP) is 2.21. The minimum atomic E-state index is -0.383. The second-order valence-corrected chi connectivity index (χ2v) is 3.59. The van der Waals surface area contributed by atoms with Gasteiger partial charge in [-0.1, -0.05) is 16.8 Å². The molecule has 0 radical (unpaired) electrons. The minimum Gasteiger partial charge on any atom is -0.378 e. The van der Waals surface area contributed by atoms with Crippen LogP contribution in [-0.4, -0.2) is 22.1 Å². The molecule has 0 atom stereocenters. The lowest BCUT2D eigenvalue weighted by atomic mass is 10.3. The molecule has 4 nitrogen and oxygen atoms in total. The van der Waals surface area contributed by atoms with E-state index in [1.54, 1.807) is 19.4 Å². The van der Waals surface area contributed by atoms with Crippen molar-refractivity contribution < 1.29 is 9.13 Å². The second kappa shape index (κ2) is 4.59. The van der Waals surface area contributed by atoms with Crippen molar-refractivity contribution >= 4 is 11.6 Å². The van der Waals surface area contributed by atoms with E-state index < -0.39 is 0 Å². The van der Waals surface area contributed by atoms with Gasteiger partial charge in [0.05, 0.1) is 23.5 Å². The molecule has 16 heavy (non-hydrogen) atoms. The molecule has 0 aliphatic heterocycles. The van der Waals surface area contributed by atoms with Crippen LogP contribution in [0.15, 0.2) is 24.4 Å². The predicted molar refractivity (Wildman–Crippen MR) is 57.0 cm³/mol. The number of rotatable bonds is 3. The second-order valence-electron chi connectivity index (χ2n) is 3.18. The van der Waals surface area contributed by atoms with Gasteiger partial charge < -0.3 is 4.74 Å². The summed E-state index contributed by atoms with van der Waals surface area (Å²) in [7, 11) is 1.57. The Hall–Kier alpha value is -1.46. The van der Waals surface area contributed by atoms with E-state index in [-0.39, 0.29) is 10.8 Å². The summed E-state index contributed by atoms with van der Waals surface area (Å²) in [4.78, 5) is 0. The average Bonchev–Trinajstić information content (AvgIpc) is 2.67. The summed E-state index contributed by atoms with van der Waals surface area (Å²) < 4.78 is 19.2. The Morgan fingerprint density at radius 3 is 3.00 bits per heavy atom. The smallest absolute Gasteiger partial charge is 0.124 e. The maximum absolute atomic E-state index is 12.8. The summed E-state index contributed by atoms with van der Waals surface area (Å²) >= 11 is 5.89. The highest BCUT2D eigenvalue weighted by Gasteiger charge is 2.07. The summed E-state index contributed by atoms with van der Waals surface area (Å²) in [5.41, 5.74) is 1.26. The average molecular weight is 242 g/mol. The van der Waals surface area contributed by atoms with Gasteiger partial charge in [-0.15, -0.1) is 5.10 Å². The van der Waals surface area contributed by atoms with Gasteiger partial charge in [-0.2, -0.15) is 0 Å². The van der Waals surface area contributed by atoms with Crippen LogP contribution in [0.1, 0.15) is 5.69 Å². The number of ether oxygens (including phenoxy) is 1. The first-order valence-electron chi connectivity index (χ1n) is 4.56. The molecule has 2 rings (SSSR count). The SMILES string of the molecule is COCc1cn(-c2ccc(F)cc2Cl)nn1. The van der Waals surface area contributed by atoms with Crippen molar-refractivity contribution in [2.24, 2.45) is 0 Å². The first-order chi connectivity index (χ1) is 7.70.